The molecule has 5 unspecified atom stereocenters. The van der Waals surface area contributed by atoms with Gasteiger partial charge in [-0.05, 0) is 31.1 Å². The minimum Gasteiger partial charge on any atom is -0.456 e. The average molecular weight is 296 g/mol. The fourth-order valence-corrected chi connectivity index (χ4v) is 3.64. The van der Waals surface area contributed by atoms with E-state index in [0.717, 1.165) is 19.8 Å². The molecule has 0 aliphatic heterocycles. The number of alkyl halides is 1. The Bertz CT molecular complexity index is 476. The molecule has 0 saturated heterocycles. The maximum Gasteiger partial charge on any atom is 0.362 e. The van der Waals surface area contributed by atoms with Crippen LogP contribution in [0.4, 0.5) is 4.39 Å². The first-order valence-corrected chi connectivity index (χ1v) is 7.69. The number of rotatable bonds is 4. The lowest BCUT2D eigenvalue weighted by Crippen LogP contribution is -2.47. The summed E-state index contributed by atoms with van der Waals surface area (Å²) in [5.74, 6) is -1.69. The third kappa shape index (κ3) is 2.25. The van der Waals surface area contributed by atoms with Crippen LogP contribution < -0.4 is 0 Å². The first kappa shape index (κ1) is 14.7. The number of hydrogen-bond acceptors (Lipinski definition) is 5. The number of carbonyl (C=O) groups excluding carboxylic acids is 1. The minimum absolute atomic E-state index is 0.0178. The van der Waals surface area contributed by atoms with Gasteiger partial charge < -0.3 is 9.84 Å². The van der Waals surface area contributed by atoms with E-state index >= 15 is 0 Å². The molecule has 0 radical (unpaired) electrons. The Morgan fingerprint density at radius 1 is 1.42 bits per heavy atom. The monoisotopic (exact) mass is 296 g/mol. The van der Waals surface area contributed by atoms with E-state index in [1.165, 1.54) is 0 Å². The molecule has 0 aromatic heterocycles. The number of aliphatic hydroxyl groups excluding tert-OH is 1. The van der Waals surface area contributed by atoms with Crippen LogP contribution in [0.1, 0.15) is 32.6 Å². The quantitative estimate of drug-likeness (QED) is 0.583. The van der Waals surface area contributed by atoms with Crippen LogP contribution in [0.15, 0.2) is 0 Å². The summed E-state index contributed by atoms with van der Waals surface area (Å²) in [4.78, 5) is 11.7. The van der Waals surface area contributed by atoms with E-state index in [2.05, 4.69) is 0 Å². The lowest BCUT2D eigenvalue weighted by molar-refractivity contribution is -0.167. The summed E-state index contributed by atoms with van der Waals surface area (Å²) in [6.07, 6.45) is -0.235. The number of ether oxygens (including phenoxy) is 1. The third-order valence-electron chi connectivity index (χ3n) is 4.21. The van der Waals surface area contributed by atoms with Crippen molar-refractivity contribution in [2.75, 3.05) is 0 Å². The van der Waals surface area contributed by atoms with E-state index < -0.39 is 39.7 Å². The van der Waals surface area contributed by atoms with Crippen molar-refractivity contribution in [3.8, 4) is 0 Å². The second kappa shape index (κ2) is 4.68. The first-order valence-electron chi connectivity index (χ1n) is 6.25. The highest BCUT2D eigenvalue weighted by atomic mass is 32.2. The molecule has 8 heteroatoms. The average Bonchev–Trinajstić information content (AvgIpc) is 2.90. The van der Waals surface area contributed by atoms with Crippen LogP contribution >= 0.6 is 0 Å². The van der Waals surface area contributed by atoms with Crippen LogP contribution in [0, 0.1) is 11.8 Å². The normalized spacial score (nSPS) is 37.1. The van der Waals surface area contributed by atoms with Crippen molar-refractivity contribution < 1.29 is 32.0 Å². The zero-order valence-corrected chi connectivity index (χ0v) is 11.3. The van der Waals surface area contributed by atoms with Gasteiger partial charge in [-0.2, -0.15) is 8.42 Å². The van der Waals surface area contributed by atoms with Crippen LogP contribution in [-0.4, -0.2) is 41.3 Å². The van der Waals surface area contributed by atoms with E-state index in [1.807, 2.05) is 0 Å². The van der Waals surface area contributed by atoms with Crippen molar-refractivity contribution >= 4 is 16.1 Å². The molecule has 110 valence electrons. The molecule has 2 aliphatic carbocycles. The molecule has 2 fully saturated rings. The number of aliphatic hydroxyl groups is 1. The first-order chi connectivity index (χ1) is 8.70. The summed E-state index contributed by atoms with van der Waals surface area (Å²) < 4.78 is 49.6. The zero-order chi connectivity index (χ0) is 14.4. The molecule has 0 amide bonds. The Kier molecular flexibility index (Phi) is 3.61. The van der Waals surface area contributed by atoms with Gasteiger partial charge in [-0.3, -0.25) is 4.55 Å². The Morgan fingerprint density at radius 2 is 2.00 bits per heavy atom. The van der Waals surface area contributed by atoms with E-state index in [9.17, 15) is 22.7 Å². The molecule has 6 nitrogen and oxygen atoms in total. The highest BCUT2D eigenvalue weighted by molar-refractivity contribution is 7.87. The van der Waals surface area contributed by atoms with Gasteiger partial charge in [0.05, 0.1) is 6.10 Å². The summed E-state index contributed by atoms with van der Waals surface area (Å²) >= 11 is 0. The zero-order valence-electron chi connectivity index (χ0n) is 10.5. The smallest absolute Gasteiger partial charge is 0.362 e. The second-order valence-electron chi connectivity index (χ2n) is 5.25. The molecular formula is C11H17FO6S. The topological polar surface area (TPSA) is 101 Å². The van der Waals surface area contributed by atoms with Crippen LogP contribution in [0.2, 0.25) is 0 Å². The Balaban J connectivity index is 2.13. The number of hydrogen-bond donors (Lipinski definition) is 2. The highest BCUT2D eigenvalue weighted by Crippen LogP contribution is 2.46. The van der Waals surface area contributed by atoms with Gasteiger partial charge in [0.15, 0.2) is 0 Å². The van der Waals surface area contributed by atoms with Crippen molar-refractivity contribution in [1.29, 1.82) is 0 Å². The molecule has 2 saturated carbocycles. The number of halogens is 1. The Morgan fingerprint density at radius 3 is 2.42 bits per heavy atom. The summed E-state index contributed by atoms with van der Waals surface area (Å²) in [7, 11) is -5.21. The van der Waals surface area contributed by atoms with Crippen molar-refractivity contribution in [3.63, 3.8) is 0 Å². The summed E-state index contributed by atoms with van der Waals surface area (Å²) in [6.45, 7) is 1.12. The highest BCUT2D eigenvalue weighted by Gasteiger charge is 2.55. The van der Waals surface area contributed by atoms with Gasteiger partial charge in [-0.15, -0.1) is 0 Å². The van der Waals surface area contributed by atoms with Gasteiger partial charge in [0.2, 0.25) is 0 Å². The fraction of sp³-hybridized carbons (Fsp3) is 0.909. The number of carbonyl (C=O) groups is 1. The third-order valence-corrected chi connectivity index (χ3v) is 5.48. The maximum atomic E-state index is 14.0. The van der Waals surface area contributed by atoms with Crippen LogP contribution in [-0.2, 0) is 19.6 Å². The summed E-state index contributed by atoms with van der Waals surface area (Å²) in [5, 5.41) is 6.39. The molecule has 2 rings (SSSR count). The lowest BCUT2D eigenvalue weighted by Gasteiger charge is -2.29. The van der Waals surface area contributed by atoms with Gasteiger partial charge >= 0.3 is 21.1 Å². The molecule has 5 atom stereocenters. The minimum atomic E-state index is -5.21. The Labute approximate surface area is 110 Å². The molecule has 0 aromatic rings. The largest absolute Gasteiger partial charge is 0.456 e. The summed E-state index contributed by atoms with van der Waals surface area (Å²) in [6, 6.07) is 0. The number of esters is 1. The lowest BCUT2D eigenvalue weighted by atomic mass is 9.95. The molecule has 19 heavy (non-hydrogen) atoms. The molecular weight excluding hydrogens is 279 g/mol. The van der Waals surface area contributed by atoms with E-state index in [0.29, 0.717) is 6.42 Å². The maximum absolute atomic E-state index is 14.0. The second-order valence-corrected chi connectivity index (χ2v) is 6.85. The molecule has 0 spiro atoms. The molecule has 0 aromatic carbocycles. The summed E-state index contributed by atoms with van der Waals surface area (Å²) in [5.41, 5.74) is 0. The van der Waals surface area contributed by atoms with E-state index in [1.54, 1.807) is 0 Å². The number of fused-ring (bicyclic) bond motifs is 2. The van der Waals surface area contributed by atoms with Crippen LogP contribution in [0.5, 0.6) is 0 Å². The predicted molar refractivity (Wildman–Crippen MR) is 62.4 cm³/mol. The van der Waals surface area contributed by atoms with Gasteiger partial charge in [0, 0.05) is 6.42 Å². The SMILES string of the molecule is CCC(F)(C(=O)OC1C2CCC(C2)C1O)S(=O)(=O)O. The van der Waals surface area contributed by atoms with Crippen molar-refractivity contribution in [2.24, 2.45) is 11.8 Å². The van der Waals surface area contributed by atoms with E-state index in [-0.39, 0.29) is 11.8 Å². The standard InChI is InChI=1S/C11H17FO6S/c1-2-11(12,19(15,16)17)10(14)18-9-7-4-3-6(5-7)8(9)13/h6-9,13H,2-5H2,1H3,(H,15,16,17). The molecule has 2 aliphatic rings. The molecule has 2 N–H and O–H groups in total. The van der Waals surface area contributed by atoms with Gasteiger partial charge in [-0.1, -0.05) is 6.92 Å². The van der Waals surface area contributed by atoms with Crippen LogP contribution in [0.25, 0.3) is 0 Å². The molecule has 0 heterocycles. The fourth-order valence-electron chi connectivity index (χ4n) is 3.02. The van der Waals surface area contributed by atoms with Crippen molar-refractivity contribution in [2.45, 2.75) is 49.8 Å². The van der Waals surface area contributed by atoms with E-state index in [4.69, 9.17) is 9.29 Å². The predicted octanol–water partition coefficient (Wildman–Crippen LogP) is 0.653. The van der Waals surface area contributed by atoms with Gasteiger partial charge in [-0.25, -0.2) is 9.18 Å². The Hall–Kier alpha value is -0.730. The molecule has 2 bridgehead atoms. The van der Waals surface area contributed by atoms with Crippen molar-refractivity contribution in [1.82, 2.24) is 0 Å². The van der Waals surface area contributed by atoms with Gasteiger partial charge in [0.25, 0.3) is 0 Å². The van der Waals surface area contributed by atoms with Gasteiger partial charge in [0.1, 0.15) is 6.10 Å². The van der Waals surface area contributed by atoms with Crippen molar-refractivity contribution in [3.05, 3.63) is 0 Å². The van der Waals surface area contributed by atoms with Crippen LogP contribution in [0.3, 0.4) is 0 Å².